The summed E-state index contributed by atoms with van der Waals surface area (Å²) < 4.78 is 0. The van der Waals surface area contributed by atoms with Crippen LogP contribution in [0.15, 0.2) is 17.5 Å². The lowest BCUT2D eigenvalue weighted by Gasteiger charge is -2.26. The van der Waals surface area contributed by atoms with E-state index in [9.17, 15) is 14.4 Å². The van der Waals surface area contributed by atoms with Crippen molar-refractivity contribution in [2.24, 2.45) is 5.92 Å². The molecule has 5 nitrogen and oxygen atoms in total. The highest BCUT2D eigenvalue weighted by atomic mass is 32.1. The third kappa shape index (κ3) is 1.95. The van der Waals surface area contributed by atoms with Gasteiger partial charge in [0.05, 0.1) is 6.04 Å². The minimum Gasteiger partial charge on any atom is -0.269 e. The SMILES string of the molecule is CC(C)C(c1cccs1)N1C(=O)NC(=O)C1=O. The maximum absolute atomic E-state index is 11.7. The Balaban J connectivity index is 2.38. The Hall–Kier alpha value is -1.69. The van der Waals surface area contributed by atoms with Crippen LogP contribution in [0.2, 0.25) is 0 Å². The molecule has 4 amide bonds. The molecule has 0 spiro atoms. The molecule has 1 unspecified atom stereocenters. The number of carbonyl (C=O) groups excluding carboxylic acids is 3. The maximum atomic E-state index is 11.7. The van der Waals surface area contributed by atoms with Crippen LogP contribution in [0.5, 0.6) is 0 Å². The fourth-order valence-electron chi connectivity index (χ4n) is 1.88. The molecule has 1 aromatic heterocycles. The van der Waals surface area contributed by atoms with Crippen molar-refractivity contribution >= 4 is 29.2 Å². The molecular formula is C11H12N2O3S. The first-order valence-electron chi connectivity index (χ1n) is 5.24. The minimum absolute atomic E-state index is 0.0502. The molecule has 2 rings (SSSR count). The van der Waals surface area contributed by atoms with Gasteiger partial charge in [0.15, 0.2) is 0 Å². The molecule has 90 valence electrons. The highest BCUT2D eigenvalue weighted by molar-refractivity contribution is 7.10. The van der Waals surface area contributed by atoms with Crippen molar-refractivity contribution in [1.29, 1.82) is 0 Å². The number of hydrogen-bond donors (Lipinski definition) is 1. The molecule has 1 aromatic rings. The lowest BCUT2D eigenvalue weighted by Crippen LogP contribution is -2.37. The van der Waals surface area contributed by atoms with Gasteiger partial charge in [0.25, 0.3) is 0 Å². The van der Waals surface area contributed by atoms with Gasteiger partial charge >= 0.3 is 17.8 Å². The smallest absolute Gasteiger partial charge is 0.269 e. The zero-order chi connectivity index (χ0) is 12.6. The summed E-state index contributed by atoms with van der Waals surface area (Å²) in [4.78, 5) is 36.4. The van der Waals surface area contributed by atoms with E-state index in [1.807, 2.05) is 36.7 Å². The molecule has 1 aliphatic rings. The van der Waals surface area contributed by atoms with Crippen LogP contribution in [0.25, 0.3) is 0 Å². The number of urea groups is 1. The highest BCUT2D eigenvalue weighted by Gasteiger charge is 2.43. The van der Waals surface area contributed by atoms with Gasteiger partial charge in [-0.25, -0.2) is 9.69 Å². The van der Waals surface area contributed by atoms with Crippen molar-refractivity contribution < 1.29 is 14.4 Å². The Morgan fingerprint density at radius 1 is 1.29 bits per heavy atom. The van der Waals surface area contributed by atoms with Gasteiger partial charge in [0, 0.05) is 4.88 Å². The molecule has 1 N–H and O–H groups in total. The van der Waals surface area contributed by atoms with Gasteiger partial charge in [-0.05, 0) is 17.4 Å². The minimum atomic E-state index is -0.850. The molecule has 2 heterocycles. The lowest BCUT2D eigenvalue weighted by molar-refractivity contribution is -0.141. The van der Waals surface area contributed by atoms with Crippen LogP contribution < -0.4 is 5.32 Å². The van der Waals surface area contributed by atoms with Crippen molar-refractivity contribution in [1.82, 2.24) is 10.2 Å². The number of nitrogens with one attached hydrogen (secondary N) is 1. The molecule has 0 bridgehead atoms. The number of hydrogen-bond acceptors (Lipinski definition) is 4. The largest absolute Gasteiger partial charge is 0.332 e. The predicted molar refractivity (Wildman–Crippen MR) is 62.3 cm³/mol. The van der Waals surface area contributed by atoms with E-state index in [1.165, 1.54) is 11.3 Å². The van der Waals surface area contributed by atoms with Gasteiger partial charge in [0.2, 0.25) is 0 Å². The third-order valence-electron chi connectivity index (χ3n) is 2.60. The first kappa shape index (κ1) is 11.8. The number of thiophene rings is 1. The summed E-state index contributed by atoms with van der Waals surface area (Å²) in [7, 11) is 0. The summed E-state index contributed by atoms with van der Waals surface area (Å²) in [5.41, 5.74) is 0. The van der Waals surface area contributed by atoms with Gasteiger partial charge < -0.3 is 0 Å². The van der Waals surface area contributed by atoms with Crippen LogP contribution in [0.1, 0.15) is 24.8 Å². The second-order valence-corrected chi connectivity index (χ2v) is 5.12. The molecule has 1 saturated heterocycles. The van der Waals surface area contributed by atoms with Crippen molar-refractivity contribution in [3.63, 3.8) is 0 Å². The molecule has 0 aromatic carbocycles. The van der Waals surface area contributed by atoms with Crippen LogP contribution in [0.3, 0.4) is 0 Å². The van der Waals surface area contributed by atoms with Crippen LogP contribution in [0.4, 0.5) is 4.79 Å². The number of amides is 4. The van der Waals surface area contributed by atoms with E-state index in [2.05, 4.69) is 0 Å². The molecule has 1 fully saturated rings. The highest BCUT2D eigenvalue weighted by Crippen LogP contribution is 2.33. The zero-order valence-electron chi connectivity index (χ0n) is 9.47. The second-order valence-electron chi connectivity index (χ2n) is 4.14. The van der Waals surface area contributed by atoms with Crippen molar-refractivity contribution in [2.75, 3.05) is 0 Å². The summed E-state index contributed by atoms with van der Waals surface area (Å²) in [5, 5.41) is 3.90. The van der Waals surface area contributed by atoms with Crippen LogP contribution in [-0.2, 0) is 9.59 Å². The van der Waals surface area contributed by atoms with Gasteiger partial charge in [-0.15, -0.1) is 11.3 Å². The van der Waals surface area contributed by atoms with Crippen molar-refractivity contribution in [2.45, 2.75) is 19.9 Å². The van der Waals surface area contributed by atoms with E-state index < -0.39 is 17.8 Å². The Morgan fingerprint density at radius 2 is 2.00 bits per heavy atom. The molecular weight excluding hydrogens is 240 g/mol. The monoisotopic (exact) mass is 252 g/mol. The van der Waals surface area contributed by atoms with Gasteiger partial charge in [0.1, 0.15) is 0 Å². The quantitative estimate of drug-likeness (QED) is 0.655. The number of carbonyl (C=O) groups is 3. The summed E-state index contributed by atoms with van der Waals surface area (Å²) in [6.07, 6.45) is 0. The van der Waals surface area contributed by atoms with Crippen LogP contribution in [0, 0.1) is 5.92 Å². The average Bonchev–Trinajstić information content (AvgIpc) is 2.83. The van der Waals surface area contributed by atoms with E-state index in [-0.39, 0.29) is 12.0 Å². The number of imide groups is 2. The fourth-order valence-corrected chi connectivity index (χ4v) is 2.87. The lowest BCUT2D eigenvalue weighted by atomic mass is 10.0. The van der Waals surface area contributed by atoms with E-state index in [0.29, 0.717) is 0 Å². The first-order valence-corrected chi connectivity index (χ1v) is 6.12. The van der Waals surface area contributed by atoms with E-state index in [4.69, 9.17) is 0 Å². The van der Waals surface area contributed by atoms with Gasteiger partial charge in [-0.2, -0.15) is 0 Å². The zero-order valence-corrected chi connectivity index (χ0v) is 10.3. The van der Waals surface area contributed by atoms with Crippen LogP contribution in [-0.4, -0.2) is 22.7 Å². The topological polar surface area (TPSA) is 66.5 Å². The third-order valence-corrected chi connectivity index (χ3v) is 3.54. The number of nitrogens with zero attached hydrogens (tertiary/aromatic N) is 1. The maximum Gasteiger partial charge on any atom is 0.332 e. The van der Waals surface area contributed by atoms with Crippen LogP contribution >= 0.6 is 11.3 Å². The molecule has 0 saturated carbocycles. The standard InChI is InChI=1S/C11H12N2O3S/c1-6(2)8(7-4-3-5-17-7)13-10(15)9(14)12-11(13)16/h3-6,8H,1-2H3,(H,12,14,16). The Morgan fingerprint density at radius 3 is 2.41 bits per heavy atom. The Labute approximate surface area is 102 Å². The predicted octanol–water partition coefficient (Wildman–Crippen LogP) is 1.52. The van der Waals surface area contributed by atoms with E-state index in [0.717, 1.165) is 9.78 Å². The summed E-state index contributed by atoms with van der Waals surface area (Å²) >= 11 is 1.47. The number of rotatable bonds is 3. The van der Waals surface area contributed by atoms with Crippen molar-refractivity contribution in [3.05, 3.63) is 22.4 Å². The summed E-state index contributed by atoms with van der Waals surface area (Å²) in [6.45, 7) is 3.82. The van der Waals surface area contributed by atoms with Gasteiger partial charge in [-0.1, -0.05) is 19.9 Å². The van der Waals surface area contributed by atoms with Gasteiger partial charge in [-0.3, -0.25) is 14.9 Å². The van der Waals surface area contributed by atoms with Crippen molar-refractivity contribution in [3.8, 4) is 0 Å². The Kier molecular flexibility index (Phi) is 2.97. The second kappa shape index (κ2) is 4.29. The average molecular weight is 252 g/mol. The first-order chi connectivity index (χ1) is 8.02. The summed E-state index contributed by atoms with van der Waals surface area (Å²) in [6, 6.07) is 2.70. The fraction of sp³-hybridized carbons (Fsp3) is 0.364. The van der Waals surface area contributed by atoms with E-state index >= 15 is 0 Å². The molecule has 0 aliphatic carbocycles. The normalized spacial score (nSPS) is 17.8. The molecule has 17 heavy (non-hydrogen) atoms. The molecule has 0 radical (unpaired) electrons. The molecule has 6 heteroatoms. The summed E-state index contributed by atoms with van der Waals surface area (Å²) in [5.74, 6) is -1.58. The Bertz CT molecular complexity index is 467. The van der Waals surface area contributed by atoms with E-state index in [1.54, 1.807) is 0 Å². The molecule has 1 atom stereocenters. The molecule has 1 aliphatic heterocycles.